The molecule has 1 aliphatic heterocycles. The monoisotopic (exact) mass is 586 g/mol. The van der Waals surface area contributed by atoms with E-state index in [1.807, 2.05) is 43.3 Å². The van der Waals surface area contributed by atoms with Crippen molar-refractivity contribution in [3.05, 3.63) is 78.5 Å². The van der Waals surface area contributed by atoms with Gasteiger partial charge in [0.2, 0.25) is 0 Å². The van der Waals surface area contributed by atoms with E-state index >= 15 is 0 Å². The molecule has 1 unspecified atom stereocenters. The number of carbonyl (C=O) groups is 1. The van der Waals surface area contributed by atoms with Crippen molar-refractivity contribution in [2.45, 2.75) is 46.1 Å². The number of pyridine rings is 2. The molecule has 10 nitrogen and oxygen atoms in total. The lowest BCUT2D eigenvalue weighted by Gasteiger charge is -2.33. The molecule has 0 aliphatic carbocycles. The van der Waals surface area contributed by atoms with Gasteiger partial charge in [-0.15, -0.1) is 0 Å². The highest BCUT2D eigenvalue weighted by Crippen LogP contribution is 2.29. The molecule has 1 atom stereocenters. The van der Waals surface area contributed by atoms with Gasteiger partial charge >= 0.3 is 5.97 Å². The largest absolute Gasteiger partial charge is 0.488 e. The topological polar surface area (TPSA) is 123 Å². The van der Waals surface area contributed by atoms with E-state index in [4.69, 9.17) is 9.47 Å². The van der Waals surface area contributed by atoms with Crippen LogP contribution in [0.15, 0.2) is 67.1 Å². The van der Waals surface area contributed by atoms with Crippen molar-refractivity contribution >= 4 is 23.4 Å². The molecule has 4 aromatic rings. The molecule has 43 heavy (non-hydrogen) atoms. The average molecular weight is 587 g/mol. The molecule has 0 amide bonds. The Hall–Kier alpha value is -4.80. The zero-order valence-electron chi connectivity index (χ0n) is 24.5. The highest BCUT2D eigenvalue weighted by atomic mass is 19.1. The lowest BCUT2D eigenvalue weighted by molar-refractivity contribution is -0.146. The van der Waals surface area contributed by atoms with Gasteiger partial charge < -0.3 is 24.8 Å². The second kappa shape index (κ2) is 13.0. The highest BCUT2D eigenvalue weighted by Gasteiger charge is 2.28. The van der Waals surface area contributed by atoms with Gasteiger partial charge in [-0.3, -0.25) is 9.78 Å². The van der Waals surface area contributed by atoms with Crippen LogP contribution >= 0.6 is 0 Å². The quantitative estimate of drug-likeness (QED) is 0.219. The number of nitrogens with zero attached hydrogens (tertiary/aromatic N) is 5. The van der Waals surface area contributed by atoms with Crippen LogP contribution in [0, 0.1) is 11.2 Å². The first-order valence-corrected chi connectivity index (χ1v) is 14.3. The number of aliphatic carboxylic acids is 1. The summed E-state index contributed by atoms with van der Waals surface area (Å²) in [4.78, 5) is 31.6. The standard InChI is InChI=1S/C32H35FN6O4/c1-4-42-26-11-6-14-35-30(26)43-23-10-7-15-39(20-23)28-19-34-18-27(37-28)38-29-24(33)12-13-25(36-29)22-9-5-8-21(16-22)17-32(2,3)31(40)41/h5-6,8-9,11-14,16,18-19,23H,4,7,10,15,17,20H2,1-3H3,(H,40,41)(H,36,37,38). The number of halogens is 1. The Morgan fingerprint density at radius 2 is 2.02 bits per heavy atom. The molecular formula is C32H35FN6O4. The van der Waals surface area contributed by atoms with Gasteiger partial charge in [0.25, 0.3) is 5.88 Å². The van der Waals surface area contributed by atoms with E-state index in [0.29, 0.717) is 48.5 Å². The van der Waals surface area contributed by atoms with Gasteiger partial charge in [-0.25, -0.2) is 19.3 Å². The minimum absolute atomic E-state index is 0.0127. The fourth-order valence-electron chi connectivity index (χ4n) is 4.94. The van der Waals surface area contributed by atoms with Gasteiger partial charge in [-0.05, 0) is 75.9 Å². The number of rotatable bonds is 11. The number of ether oxygens (including phenoxy) is 2. The lowest BCUT2D eigenvalue weighted by Crippen LogP contribution is -2.41. The lowest BCUT2D eigenvalue weighted by atomic mass is 9.85. The highest BCUT2D eigenvalue weighted by molar-refractivity contribution is 5.74. The minimum atomic E-state index is -0.920. The van der Waals surface area contributed by atoms with Crippen LogP contribution in [0.25, 0.3) is 11.3 Å². The van der Waals surface area contributed by atoms with Crippen LogP contribution in [-0.2, 0) is 11.2 Å². The number of anilines is 3. The van der Waals surface area contributed by atoms with Crippen molar-refractivity contribution in [3.63, 3.8) is 0 Å². The third kappa shape index (κ3) is 7.35. The molecule has 5 rings (SSSR count). The van der Waals surface area contributed by atoms with Crippen LogP contribution in [0.5, 0.6) is 11.6 Å². The number of piperidine rings is 1. The maximum absolute atomic E-state index is 14.9. The van der Waals surface area contributed by atoms with Crippen molar-refractivity contribution in [2.24, 2.45) is 5.41 Å². The van der Waals surface area contributed by atoms with Gasteiger partial charge in [0.15, 0.2) is 23.2 Å². The van der Waals surface area contributed by atoms with E-state index in [-0.39, 0.29) is 11.9 Å². The maximum atomic E-state index is 14.9. The molecule has 1 aromatic carbocycles. The van der Waals surface area contributed by atoms with E-state index in [1.54, 1.807) is 32.3 Å². The Bertz CT molecular complexity index is 1580. The van der Waals surface area contributed by atoms with Gasteiger partial charge in [-0.2, -0.15) is 0 Å². The summed E-state index contributed by atoms with van der Waals surface area (Å²) in [6.45, 7) is 7.16. The summed E-state index contributed by atoms with van der Waals surface area (Å²) in [6.07, 6.45) is 6.86. The molecule has 0 saturated carbocycles. The van der Waals surface area contributed by atoms with Gasteiger partial charge in [0.05, 0.1) is 36.7 Å². The Balaban J connectivity index is 1.30. The summed E-state index contributed by atoms with van der Waals surface area (Å²) < 4.78 is 26.7. The van der Waals surface area contributed by atoms with Crippen LogP contribution in [0.4, 0.5) is 21.8 Å². The van der Waals surface area contributed by atoms with E-state index in [2.05, 4.69) is 30.2 Å². The third-order valence-electron chi connectivity index (χ3n) is 7.18. The van der Waals surface area contributed by atoms with E-state index in [9.17, 15) is 14.3 Å². The molecule has 0 spiro atoms. The zero-order valence-corrected chi connectivity index (χ0v) is 24.5. The second-order valence-electron chi connectivity index (χ2n) is 11.0. The van der Waals surface area contributed by atoms with Crippen LogP contribution < -0.4 is 19.7 Å². The summed E-state index contributed by atoms with van der Waals surface area (Å²) in [5.74, 6) is 0.670. The summed E-state index contributed by atoms with van der Waals surface area (Å²) in [6, 6.07) is 14.1. The zero-order chi connectivity index (χ0) is 30.4. The predicted octanol–water partition coefficient (Wildman–Crippen LogP) is 5.92. The Morgan fingerprint density at radius 3 is 2.84 bits per heavy atom. The number of aromatic nitrogens is 4. The number of carboxylic acids is 1. The van der Waals surface area contributed by atoms with Crippen molar-refractivity contribution in [1.29, 1.82) is 0 Å². The molecule has 0 bridgehead atoms. The molecule has 2 N–H and O–H groups in total. The third-order valence-corrected chi connectivity index (χ3v) is 7.18. The Morgan fingerprint density at radius 1 is 1.16 bits per heavy atom. The summed E-state index contributed by atoms with van der Waals surface area (Å²) >= 11 is 0. The number of benzene rings is 1. The fourth-order valence-corrected chi connectivity index (χ4v) is 4.94. The van der Waals surface area contributed by atoms with E-state index < -0.39 is 17.2 Å². The maximum Gasteiger partial charge on any atom is 0.309 e. The van der Waals surface area contributed by atoms with Crippen molar-refractivity contribution in [2.75, 3.05) is 29.9 Å². The summed E-state index contributed by atoms with van der Waals surface area (Å²) in [5.41, 5.74) is 1.22. The van der Waals surface area contributed by atoms with Crippen molar-refractivity contribution in [1.82, 2.24) is 19.9 Å². The molecule has 11 heteroatoms. The molecule has 3 aromatic heterocycles. The van der Waals surface area contributed by atoms with Gasteiger partial charge in [0.1, 0.15) is 11.9 Å². The van der Waals surface area contributed by atoms with Crippen LogP contribution in [0.2, 0.25) is 0 Å². The number of nitrogens with one attached hydrogen (secondary N) is 1. The summed E-state index contributed by atoms with van der Waals surface area (Å²) in [7, 11) is 0. The first-order valence-electron chi connectivity index (χ1n) is 14.3. The molecule has 4 heterocycles. The first kappa shape index (κ1) is 29.7. The molecule has 224 valence electrons. The summed E-state index contributed by atoms with van der Waals surface area (Å²) in [5, 5.41) is 12.5. The molecule has 1 saturated heterocycles. The van der Waals surface area contributed by atoms with Crippen molar-refractivity contribution in [3.8, 4) is 22.9 Å². The van der Waals surface area contributed by atoms with E-state index in [1.165, 1.54) is 12.3 Å². The van der Waals surface area contributed by atoms with Crippen LogP contribution in [0.1, 0.15) is 39.2 Å². The molecule has 0 radical (unpaired) electrons. The van der Waals surface area contributed by atoms with Crippen LogP contribution in [0.3, 0.4) is 0 Å². The smallest absolute Gasteiger partial charge is 0.309 e. The van der Waals surface area contributed by atoms with Gasteiger partial charge in [0, 0.05) is 18.3 Å². The molecular weight excluding hydrogens is 551 g/mol. The Kier molecular flexibility index (Phi) is 8.98. The number of hydrogen-bond donors (Lipinski definition) is 2. The van der Waals surface area contributed by atoms with E-state index in [0.717, 1.165) is 30.5 Å². The SMILES string of the molecule is CCOc1cccnc1OC1CCCN(c2cncc(Nc3nc(-c4cccc(CC(C)(C)C(=O)O)c4)ccc3F)n2)C1. The molecule has 1 aliphatic rings. The van der Waals surface area contributed by atoms with Crippen LogP contribution in [-0.4, -0.2) is 56.8 Å². The minimum Gasteiger partial charge on any atom is -0.488 e. The molecule has 1 fully saturated rings. The average Bonchev–Trinajstić information content (AvgIpc) is 2.99. The Labute approximate surface area is 250 Å². The normalized spacial score (nSPS) is 15.2. The number of hydrogen-bond acceptors (Lipinski definition) is 9. The number of carboxylic acid groups (broad SMARTS) is 1. The fraction of sp³-hybridized carbons (Fsp3) is 0.344. The second-order valence-corrected chi connectivity index (χ2v) is 11.0. The first-order chi connectivity index (χ1) is 20.7. The van der Waals surface area contributed by atoms with Gasteiger partial charge in [-0.1, -0.05) is 18.2 Å². The van der Waals surface area contributed by atoms with Crippen molar-refractivity contribution < 1.29 is 23.8 Å². The predicted molar refractivity (Wildman–Crippen MR) is 161 cm³/mol.